The van der Waals surface area contributed by atoms with Crippen LogP contribution in [0.5, 0.6) is 0 Å². The molecular formula is C8H6N2O2. The monoisotopic (exact) mass is 162 g/mol. The Morgan fingerprint density at radius 1 is 1.58 bits per heavy atom. The molecule has 0 amide bonds. The quantitative estimate of drug-likeness (QED) is 0.254. The lowest BCUT2D eigenvalue weighted by molar-refractivity contribution is -0.127. The molecule has 0 atom stereocenters. The van der Waals surface area contributed by atoms with Gasteiger partial charge in [-0.1, -0.05) is 6.08 Å². The second-order valence-corrected chi connectivity index (χ2v) is 2.27. The fraction of sp³-hybridized carbons (Fsp3) is 0.125. The highest BCUT2D eigenvalue weighted by atomic mass is 16.2. The van der Waals surface area contributed by atoms with Gasteiger partial charge in [0.15, 0.2) is 6.29 Å². The third kappa shape index (κ3) is 1.62. The molecule has 1 rings (SSSR count). The molecule has 60 valence electrons. The first-order valence-corrected chi connectivity index (χ1v) is 3.36. The van der Waals surface area contributed by atoms with E-state index in [9.17, 15) is 9.59 Å². The van der Waals surface area contributed by atoms with E-state index < -0.39 is 5.78 Å². The average molecular weight is 162 g/mol. The molecule has 12 heavy (non-hydrogen) atoms. The average Bonchev–Trinajstić information content (AvgIpc) is 2.17. The second kappa shape index (κ2) is 3.55. The Kier molecular flexibility index (Phi) is 2.46. The molecule has 0 radical (unpaired) electrons. The smallest absolute Gasteiger partial charge is 0.295 e. The third-order valence-corrected chi connectivity index (χ3v) is 1.51. The maximum absolute atomic E-state index is 10.8. The van der Waals surface area contributed by atoms with Crippen LogP contribution in [-0.2, 0) is 9.59 Å². The molecule has 0 saturated heterocycles. The first-order chi connectivity index (χ1) is 5.77. The lowest BCUT2D eigenvalue weighted by Crippen LogP contribution is -2.07. The van der Waals surface area contributed by atoms with Gasteiger partial charge < -0.3 is 5.53 Å². The van der Waals surface area contributed by atoms with E-state index in [1.807, 2.05) is 0 Å². The normalized spacial score (nSPS) is 15.0. The van der Waals surface area contributed by atoms with Crippen LogP contribution in [0.2, 0.25) is 0 Å². The molecule has 0 N–H and O–H groups in total. The van der Waals surface area contributed by atoms with Gasteiger partial charge in [0, 0.05) is 11.6 Å². The van der Waals surface area contributed by atoms with Gasteiger partial charge in [0.2, 0.25) is 5.78 Å². The molecule has 1 aliphatic carbocycles. The van der Waals surface area contributed by atoms with E-state index in [1.54, 1.807) is 6.08 Å². The minimum atomic E-state index is -0.553. The summed E-state index contributed by atoms with van der Waals surface area (Å²) in [6.45, 7) is 0. The zero-order chi connectivity index (χ0) is 8.97. The van der Waals surface area contributed by atoms with Crippen molar-refractivity contribution in [3.63, 3.8) is 0 Å². The predicted octanol–water partition coefficient (Wildman–Crippen LogP) is 0.311. The van der Waals surface area contributed by atoms with Gasteiger partial charge in [0.1, 0.15) is 0 Å². The molecule has 0 heterocycles. The van der Waals surface area contributed by atoms with Gasteiger partial charge in [-0.2, -0.15) is 4.79 Å². The maximum atomic E-state index is 10.8. The van der Waals surface area contributed by atoms with Crippen LogP contribution in [0.4, 0.5) is 0 Å². The summed E-state index contributed by atoms with van der Waals surface area (Å²) in [4.78, 5) is 23.8. The van der Waals surface area contributed by atoms with Crippen molar-refractivity contribution in [2.24, 2.45) is 0 Å². The topological polar surface area (TPSA) is 70.5 Å². The largest absolute Gasteiger partial charge is 0.361 e. The van der Waals surface area contributed by atoms with Crippen molar-refractivity contribution in [3.05, 3.63) is 29.3 Å². The van der Waals surface area contributed by atoms with Gasteiger partial charge in [0.25, 0.3) is 5.71 Å². The lowest BCUT2D eigenvalue weighted by Gasteiger charge is -1.97. The predicted molar refractivity (Wildman–Crippen MR) is 41.5 cm³/mol. The van der Waals surface area contributed by atoms with Crippen LogP contribution in [-0.4, -0.2) is 22.6 Å². The molecular weight excluding hydrogens is 156 g/mol. The van der Waals surface area contributed by atoms with Crippen LogP contribution < -0.4 is 0 Å². The number of rotatable bonds is 2. The molecule has 0 aromatic rings. The Balaban J connectivity index is 2.83. The summed E-state index contributed by atoms with van der Waals surface area (Å²) in [6.07, 6.45) is 5.14. The van der Waals surface area contributed by atoms with Crippen LogP contribution in [0.3, 0.4) is 0 Å². The Hall–Kier alpha value is -1.80. The highest BCUT2D eigenvalue weighted by Gasteiger charge is 2.12. The SMILES string of the molecule is [N-]=[N+]=C1C=CC(C(=O)C=O)=CC1. The fourth-order valence-electron chi connectivity index (χ4n) is 0.862. The molecule has 0 spiro atoms. The van der Waals surface area contributed by atoms with Gasteiger partial charge in [-0.25, -0.2) is 0 Å². The van der Waals surface area contributed by atoms with Gasteiger partial charge in [-0.15, -0.1) is 0 Å². The molecule has 0 bridgehead atoms. The highest BCUT2D eigenvalue weighted by molar-refractivity contribution is 6.34. The number of Topliss-reactive ketones (excluding diaryl/α,β-unsaturated/α-hetero) is 1. The standard InChI is InChI=1S/C8H6N2O2/c9-10-7-3-1-6(2-4-7)8(12)5-11/h1-3,5H,4H2. The summed E-state index contributed by atoms with van der Waals surface area (Å²) in [5.41, 5.74) is 9.14. The number of nitrogens with zero attached hydrogens (tertiary/aromatic N) is 2. The third-order valence-electron chi connectivity index (χ3n) is 1.51. The van der Waals surface area contributed by atoms with Crippen LogP contribution in [0.15, 0.2) is 23.8 Å². The summed E-state index contributed by atoms with van der Waals surface area (Å²) in [7, 11) is 0. The van der Waals surface area contributed by atoms with Crippen molar-refractivity contribution in [3.8, 4) is 0 Å². The van der Waals surface area contributed by atoms with Gasteiger partial charge in [-0.3, -0.25) is 9.59 Å². The highest BCUT2D eigenvalue weighted by Crippen LogP contribution is 2.06. The summed E-state index contributed by atoms with van der Waals surface area (Å²) < 4.78 is 0. The Morgan fingerprint density at radius 2 is 2.33 bits per heavy atom. The summed E-state index contributed by atoms with van der Waals surface area (Å²) >= 11 is 0. The molecule has 0 fully saturated rings. The Morgan fingerprint density at radius 3 is 2.75 bits per heavy atom. The molecule has 1 aliphatic rings. The number of hydrogen-bond donors (Lipinski definition) is 0. The number of ketones is 1. The maximum Gasteiger partial charge on any atom is 0.295 e. The van der Waals surface area contributed by atoms with E-state index in [4.69, 9.17) is 5.53 Å². The van der Waals surface area contributed by atoms with Crippen LogP contribution in [0.25, 0.3) is 5.53 Å². The zero-order valence-electron chi connectivity index (χ0n) is 6.23. The van der Waals surface area contributed by atoms with E-state index in [1.165, 1.54) is 12.2 Å². The first kappa shape index (κ1) is 8.30. The van der Waals surface area contributed by atoms with E-state index >= 15 is 0 Å². The number of aldehydes is 1. The fourth-order valence-corrected chi connectivity index (χ4v) is 0.862. The van der Waals surface area contributed by atoms with Crippen molar-refractivity contribution in [1.82, 2.24) is 0 Å². The van der Waals surface area contributed by atoms with Crippen molar-refractivity contribution in [2.45, 2.75) is 6.42 Å². The summed E-state index contributed by atoms with van der Waals surface area (Å²) in [5, 5.41) is 0. The first-order valence-electron chi connectivity index (χ1n) is 3.36. The van der Waals surface area contributed by atoms with Crippen molar-refractivity contribution in [2.75, 3.05) is 0 Å². The summed E-state index contributed by atoms with van der Waals surface area (Å²) in [6, 6.07) is 0. The van der Waals surface area contributed by atoms with Gasteiger partial charge in [0.05, 0.1) is 6.42 Å². The minimum absolute atomic E-state index is 0.261. The van der Waals surface area contributed by atoms with Crippen LogP contribution in [0.1, 0.15) is 6.42 Å². The Bertz CT molecular complexity index is 333. The lowest BCUT2D eigenvalue weighted by atomic mass is 10.0. The number of allylic oxidation sites excluding steroid dienone is 4. The molecule has 0 aromatic carbocycles. The van der Waals surface area contributed by atoms with Gasteiger partial charge >= 0.3 is 0 Å². The van der Waals surface area contributed by atoms with Crippen molar-refractivity contribution >= 4 is 17.8 Å². The molecule has 4 nitrogen and oxygen atoms in total. The number of carbonyl (C=O) groups excluding carboxylic acids is 2. The molecule has 0 unspecified atom stereocenters. The molecule has 0 aromatic heterocycles. The number of carbonyl (C=O) groups is 2. The van der Waals surface area contributed by atoms with E-state index in [0.29, 0.717) is 17.7 Å². The molecule has 4 heteroatoms. The van der Waals surface area contributed by atoms with Crippen molar-refractivity contribution < 1.29 is 14.4 Å². The van der Waals surface area contributed by atoms with Crippen LogP contribution in [0, 0.1) is 0 Å². The van der Waals surface area contributed by atoms with E-state index in [2.05, 4.69) is 4.79 Å². The second-order valence-electron chi connectivity index (χ2n) is 2.27. The molecule has 0 aliphatic heterocycles. The number of hydrogen-bond acceptors (Lipinski definition) is 2. The van der Waals surface area contributed by atoms with E-state index in [-0.39, 0.29) is 6.29 Å². The molecule has 0 saturated carbocycles. The van der Waals surface area contributed by atoms with Crippen molar-refractivity contribution in [1.29, 1.82) is 0 Å². The van der Waals surface area contributed by atoms with Gasteiger partial charge in [-0.05, 0) is 6.08 Å². The Labute approximate surface area is 68.8 Å². The zero-order valence-corrected chi connectivity index (χ0v) is 6.23. The van der Waals surface area contributed by atoms with Crippen LogP contribution >= 0.6 is 0 Å². The summed E-state index contributed by atoms with van der Waals surface area (Å²) in [5.74, 6) is -0.553. The van der Waals surface area contributed by atoms with E-state index in [0.717, 1.165) is 0 Å². The minimum Gasteiger partial charge on any atom is -0.361 e.